The maximum Gasteiger partial charge on any atom is 0.341 e. The van der Waals surface area contributed by atoms with E-state index in [0.29, 0.717) is 21.5 Å². The summed E-state index contributed by atoms with van der Waals surface area (Å²) in [6.07, 6.45) is 1.45. The lowest BCUT2D eigenvalue weighted by Gasteiger charge is -2.12. The molecule has 0 atom stereocenters. The number of aliphatic carboxylic acids is 1. The maximum atomic E-state index is 12.6. The Hall–Kier alpha value is -3.66. The molecule has 3 rings (SSSR count). The number of ether oxygens (including phenoxy) is 1. The van der Waals surface area contributed by atoms with Gasteiger partial charge in [-0.25, -0.2) is 14.5 Å². The van der Waals surface area contributed by atoms with E-state index in [2.05, 4.69) is 26.6 Å². The number of nitrogens with zero attached hydrogens (tertiary/aromatic N) is 1. The number of carboxylic acid groups (broad SMARTS) is 1. The fourth-order valence-corrected chi connectivity index (χ4v) is 3.24. The number of anilines is 1. The van der Waals surface area contributed by atoms with Crippen molar-refractivity contribution in [2.75, 3.05) is 18.5 Å². The van der Waals surface area contributed by atoms with Gasteiger partial charge >= 0.3 is 12.0 Å². The van der Waals surface area contributed by atoms with E-state index in [9.17, 15) is 19.2 Å². The summed E-state index contributed by atoms with van der Waals surface area (Å²) in [5.41, 5.74) is 2.17. The van der Waals surface area contributed by atoms with Crippen LogP contribution in [0.5, 0.6) is 5.75 Å². The highest BCUT2D eigenvalue weighted by molar-refractivity contribution is 9.10. The van der Waals surface area contributed by atoms with Gasteiger partial charge in [-0.15, -0.1) is 0 Å². The summed E-state index contributed by atoms with van der Waals surface area (Å²) in [4.78, 5) is 48.4. The molecule has 0 spiro atoms. The van der Waals surface area contributed by atoms with Gasteiger partial charge in [-0.05, 0) is 58.8 Å². The number of rotatable bonds is 7. The molecule has 160 valence electrons. The second kappa shape index (κ2) is 9.43. The summed E-state index contributed by atoms with van der Waals surface area (Å²) in [7, 11) is 0. The van der Waals surface area contributed by atoms with Crippen molar-refractivity contribution >= 4 is 51.5 Å². The Bertz CT molecular complexity index is 1080. The van der Waals surface area contributed by atoms with Gasteiger partial charge in [0.15, 0.2) is 6.61 Å². The number of amides is 4. The van der Waals surface area contributed by atoms with Gasteiger partial charge in [0.25, 0.3) is 5.91 Å². The number of hydrogen-bond donors (Lipinski definition) is 3. The van der Waals surface area contributed by atoms with Crippen LogP contribution in [0.1, 0.15) is 11.1 Å². The van der Waals surface area contributed by atoms with E-state index in [1.165, 1.54) is 12.1 Å². The molecule has 0 saturated carbocycles. The van der Waals surface area contributed by atoms with E-state index < -0.39 is 37.0 Å². The Morgan fingerprint density at radius 1 is 1.19 bits per heavy atom. The average molecular weight is 488 g/mol. The second-order valence-corrected chi connectivity index (χ2v) is 7.52. The van der Waals surface area contributed by atoms with Crippen LogP contribution in [0.25, 0.3) is 6.08 Å². The van der Waals surface area contributed by atoms with Crippen LogP contribution < -0.4 is 15.4 Å². The Labute approximate surface area is 185 Å². The van der Waals surface area contributed by atoms with Crippen LogP contribution in [0.4, 0.5) is 10.5 Å². The monoisotopic (exact) mass is 487 g/mol. The molecule has 1 saturated heterocycles. The van der Waals surface area contributed by atoms with Gasteiger partial charge in [0, 0.05) is 5.69 Å². The van der Waals surface area contributed by atoms with Crippen molar-refractivity contribution < 1.29 is 29.0 Å². The molecule has 1 fully saturated rings. The molecule has 0 aromatic heterocycles. The van der Waals surface area contributed by atoms with Crippen LogP contribution in [0.3, 0.4) is 0 Å². The molecule has 2 aromatic rings. The van der Waals surface area contributed by atoms with Gasteiger partial charge in [0.05, 0.1) is 4.47 Å². The fourth-order valence-electron chi connectivity index (χ4n) is 2.73. The molecule has 0 radical (unpaired) electrons. The second-order valence-electron chi connectivity index (χ2n) is 6.67. The summed E-state index contributed by atoms with van der Waals surface area (Å²) in [6, 6.07) is 11.2. The van der Waals surface area contributed by atoms with Crippen molar-refractivity contribution in [3.63, 3.8) is 0 Å². The van der Waals surface area contributed by atoms with E-state index >= 15 is 0 Å². The first-order valence-electron chi connectivity index (χ1n) is 9.08. The van der Waals surface area contributed by atoms with E-state index in [4.69, 9.17) is 9.84 Å². The highest BCUT2D eigenvalue weighted by Crippen LogP contribution is 2.27. The maximum absolute atomic E-state index is 12.6. The molecule has 10 heteroatoms. The molecule has 0 aliphatic carbocycles. The number of benzene rings is 2. The van der Waals surface area contributed by atoms with Gasteiger partial charge in [-0.3, -0.25) is 9.59 Å². The van der Waals surface area contributed by atoms with E-state index in [0.717, 1.165) is 10.5 Å². The number of carboxylic acids is 1. The number of urea groups is 1. The van der Waals surface area contributed by atoms with Crippen molar-refractivity contribution in [2.24, 2.45) is 0 Å². The molecule has 3 N–H and O–H groups in total. The molecule has 9 nitrogen and oxygen atoms in total. The molecule has 2 aromatic carbocycles. The lowest BCUT2D eigenvalue weighted by molar-refractivity contribution is -0.139. The summed E-state index contributed by atoms with van der Waals surface area (Å²) in [5, 5.41) is 13.8. The number of aryl methyl sites for hydroxylation is 1. The summed E-state index contributed by atoms with van der Waals surface area (Å²) < 4.78 is 5.60. The zero-order chi connectivity index (χ0) is 22.5. The van der Waals surface area contributed by atoms with Gasteiger partial charge in [0.2, 0.25) is 5.91 Å². The molecule has 31 heavy (non-hydrogen) atoms. The number of halogens is 1. The van der Waals surface area contributed by atoms with E-state index in [-0.39, 0.29) is 5.70 Å². The Balaban J connectivity index is 1.67. The minimum Gasteiger partial charge on any atom is -0.481 e. The molecule has 4 amide bonds. The normalized spacial score (nSPS) is 14.5. The highest BCUT2D eigenvalue weighted by atomic mass is 79.9. The van der Waals surface area contributed by atoms with E-state index in [1.54, 1.807) is 24.3 Å². The third kappa shape index (κ3) is 5.70. The quantitative estimate of drug-likeness (QED) is 0.407. The first kappa shape index (κ1) is 22.0. The van der Waals surface area contributed by atoms with Crippen molar-refractivity contribution in [3.8, 4) is 5.75 Å². The number of hydrogen-bond acceptors (Lipinski definition) is 5. The van der Waals surface area contributed by atoms with Crippen LogP contribution in [-0.4, -0.2) is 47.0 Å². The SMILES string of the molecule is Cc1ccc(NC(=O)CN2C(=O)N/C(=C/c3ccc(OCC(=O)O)c(Br)c3)C2=O)cc1. The van der Waals surface area contributed by atoms with Crippen LogP contribution in [-0.2, 0) is 14.4 Å². The van der Waals surface area contributed by atoms with Gasteiger partial charge < -0.3 is 20.5 Å². The van der Waals surface area contributed by atoms with Crippen LogP contribution >= 0.6 is 15.9 Å². The Morgan fingerprint density at radius 3 is 2.55 bits per heavy atom. The first-order valence-corrected chi connectivity index (χ1v) is 9.87. The predicted molar refractivity (Wildman–Crippen MR) is 115 cm³/mol. The third-order valence-corrected chi connectivity index (χ3v) is 4.84. The largest absolute Gasteiger partial charge is 0.481 e. The van der Waals surface area contributed by atoms with Crippen molar-refractivity contribution in [3.05, 3.63) is 63.8 Å². The molecule has 0 bridgehead atoms. The number of carbonyl (C=O) groups is 4. The number of carbonyl (C=O) groups excluding carboxylic acids is 3. The van der Waals surface area contributed by atoms with Crippen molar-refractivity contribution in [1.82, 2.24) is 10.2 Å². The summed E-state index contributed by atoms with van der Waals surface area (Å²) in [6.45, 7) is 0.997. The smallest absolute Gasteiger partial charge is 0.341 e. The topological polar surface area (TPSA) is 125 Å². The standard InChI is InChI=1S/C21H18BrN3O6/c1-12-2-5-14(6-3-12)23-18(26)10-25-20(29)16(24-21(25)30)9-13-4-7-17(15(22)8-13)31-11-19(27)28/h2-9H,10-11H2,1H3,(H,23,26)(H,24,30)(H,27,28)/b16-9+. The molecule has 1 aliphatic rings. The zero-order valence-electron chi connectivity index (χ0n) is 16.3. The average Bonchev–Trinajstić information content (AvgIpc) is 2.96. The molecular formula is C21H18BrN3O6. The lowest BCUT2D eigenvalue weighted by atomic mass is 10.2. The Kier molecular flexibility index (Phi) is 6.71. The minimum atomic E-state index is -1.11. The summed E-state index contributed by atoms with van der Waals surface area (Å²) >= 11 is 3.27. The highest BCUT2D eigenvalue weighted by Gasteiger charge is 2.34. The predicted octanol–water partition coefficient (Wildman–Crippen LogP) is 2.75. The van der Waals surface area contributed by atoms with Gasteiger partial charge in [0.1, 0.15) is 18.0 Å². The van der Waals surface area contributed by atoms with Crippen molar-refractivity contribution in [2.45, 2.75) is 6.92 Å². The minimum absolute atomic E-state index is 0.0132. The molecule has 1 aliphatic heterocycles. The van der Waals surface area contributed by atoms with Gasteiger partial charge in [-0.2, -0.15) is 0 Å². The molecular weight excluding hydrogens is 470 g/mol. The summed E-state index contributed by atoms with van der Waals surface area (Å²) in [5.74, 6) is -1.92. The van der Waals surface area contributed by atoms with Crippen LogP contribution in [0.15, 0.2) is 52.6 Å². The fraction of sp³-hybridized carbons (Fsp3) is 0.143. The van der Waals surface area contributed by atoms with Crippen LogP contribution in [0.2, 0.25) is 0 Å². The van der Waals surface area contributed by atoms with Crippen LogP contribution in [0, 0.1) is 6.92 Å². The zero-order valence-corrected chi connectivity index (χ0v) is 17.9. The third-order valence-electron chi connectivity index (χ3n) is 4.22. The number of nitrogens with one attached hydrogen (secondary N) is 2. The molecule has 1 heterocycles. The number of imide groups is 1. The Morgan fingerprint density at radius 2 is 1.90 bits per heavy atom. The van der Waals surface area contributed by atoms with Gasteiger partial charge in [-0.1, -0.05) is 23.8 Å². The van der Waals surface area contributed by atoms with E-state index in [1.807, 2.05) is 19.1 Å². The van der Waals surface area contributed by atoms with Crippen molar-refractivity contribution in [1.29, 1.82) is 0 Å². The lowest BCUT2D eigenvalue weighted by Crippen LogP contribution is -2.38. The molecule has 0 unspecified atom stereocenters. The first-order chi connectivity index (χ1) is 14.7.